The first-order valence-electron chi connectivity index (χ1n) is 8.48. The second-order valence-electron chi connectivity index (χ2n) is 5.74. The number of carbonyl (C=O) groups is 1. The van der Waals surface area contributed by atoms with Gasteiger partial charge in [-0.05, 0) is 30.7 Å². The van der Waals surface area contributed by atoms with Crippen LogP contribution in [0, 0.1) is 0 Å². The van der Waals surface area contributed by atoms with Crippen molar-refractivity contribution in [1.82, 2.24) is 5.32 Å². The number of hydrogen-bond acceptors (Lipinski definition) is 4. The van der Waals surface area contributed by atoms with Gasteiger partial charge in [0.1, 0.15) is 11.5 Å². The maximum Gasteiger partial charge on any atom is 0.261 e. The van der Waals surface area contributed by atoms with Gasteiger partial charge in [-0.15, -0.1) is 0 Å². The molecule has 1 atom stereocenters. The predicted molar refractivity (Wildman–Crippen MR) is 100 cm³/mol. The van der Waals surface area contributed by atoms with Gasteiger partial charge in [0.2, 0.25) is 0 Å². The van der Waals surface area contributed by atoms with E-state index < -0.39 is 6.10 Å². The van der Waals surface area contributed by atoms with E-state index in [4.69, 9.17) is 9.47 Å². The van der Waals surface area contributed by atoms with E-state index in [1.807, 2.05) is 62.5 Å². The van der Waals surface area contributed by atoms with Crippen LogP contribution in [0.1, 0.15) is 13.3 Å². The summed E-state index contributed by atoms with van der Waals surface area (Å²) in [5.74, 6) is 1.23. The lowest BCUT2D eigenvalue weighted by Gasteiger charge is -2.21. The van der Waals surface area contributed by atoms with Gasteiger partial charge in [0.15, 0.2) is 6.10 Å². The third-order valence-corrected chi connectivity index (χ3v) is 3.93. The largest absolute Gasteiger partial charge is 0.497 e. The highest BCUT2D eigenvalue weighted by atomic mass is 16.5. The average molecular weight is 342 g/mol. The van der Waals surface area contributed by atoms with Crippen LogP contribution in [0.25, 0.3) is 0 Å². The van der Waals surface area contributed by atoms with Crippen LogP contribution in [0.4, 0.5) is 5.69 Å². The van der Waals surface area contributed by atoms with E-state index in [1.54, 1.807) is 13.2 Å². The SMILES string of the molecule is CC[C@H](Oc1cccc(OC)c1)C(=O)NCCN(C)c1ccccc1. The molecule has 5 heteroatoms. The van der Waals surface area contributed by atoms with Crippen LogP contribution in [0.5, 0.6) is 11.5 Å². The van der Waals surface area contributed by atoms with Crippen molar-refractivity contribution in [3.8, 4) is 11.5 Å². The molecule has 0 spiro atoms. The number of anilines is 1. The minimum Gasteiger partial charge on any atom is -0.497 e. The number of nitrogens with one attached hydrogen (secondary N) is 1. The third kappa shape index (κ3) is 5.71. The zero-order valence-electron chi connectivity index (χ0n) is 15.1. The van der Waals surface area contributed by atoms with Crippen molar-refractivity contribution in [2.75, 3.05) is 32.1 Å². The van der Waals surface area contributed by atoms with Crippen molar-refractivity contribution < 1.29 is 14.3 Å². The Bertz CT molecular complexity index is 661. The normalized spacial score (nSPS) is 11.5. The molecule has 25 heavy (non-hydrogen) atoms. The summed E-state index contributed by atoms with van der Waals surface area (Å²) < 4.78 is 11.0. The van der Waals surface area contributed by atoms with Crippen molar-refractivity contribution in [2.45, 2.75) is 19.4 Å². The number of benzene rings is 2. The van der Waals surface area contributed by atoms with Gasteiger partial charge in [-0.3, -0.25) is 4.79 Å². The highest BCUT2D eigenvalue weighted by Gasteiger charge is 2.18. The minimum absolute atomic E-state index is 0.105. The zero-order valence-corrected chi connectivity index (χ0v) is 15.1. The molecule has 1 amide bonds. The lowest BCUT2D eigenvalue weighted by molar-refractivity contribution is -0.128. The molecule has 0 bridgehead atoms. The number of ether oxygens (including phenoxy) is 2. The molecule has 1 N–H and O–H groups in total. The van der Waals surface area contributed by atoms with Crippen molar-refractivity contribution in [1.29, 1.82) is 0 Å². The van der Waals surface area contributed by atoms with E-state index in [-0.39, 0.29) is 5.91 Å². The first-order chi connectivity index (χ1) is 12.1. The molecule has 0 aliphatic rings. The van der Waals surface area contributed by atoms with Crippen molar-refractivity contribution in [2.24, 2.45) is 0 Å². The molecule has 2 aromatic rings. The van der Waals surface area contributed by atoms with E-state index in [1.165, 1.54) is 0 Å². The molecule has 0 fully saturated rings. The zero-order chi connectivity index (χ0) is 18.1. The Balaban J connectivity index is 1.83. The summed E-state index contributed by atoms with van der Waals surface area (Å²) in [6, 6.07) is 17.4. The van der Waals surface area contributed by atoms with Crippen LogP contribution in [-0.2, 0) is 4.79 Å². The van der Waals surface area contributed by atoms with Gasteiger partial charge in [0.25, 0.3) is 5.91 Å². The lowest BCUT2D eigenvalue weighted by Crippen LogP contribution is -2.41. The van der Waals surface area contributed by atoms with Crippen LogP contribution in [-0.4, -0.2) is 39.3 Å². The summed E-state index contributed by atoms with van der Waals surface area (Å²) in [7, 11) is 3.61. The number of likely N-dealkylation sites (N-methyl/N-ethyl adjacent to an activating group) is 1. The summed E-state index contributed by atoms with van der Waals surface area (Å²) >= 11 is 0. The van der Waals surface area contributed by atoms with E-state index in [0.29, 0.717) is 24.5 Å². The fourth-order valence-corrected chi connectivity index (χ4v) is 2.43. The van der Waals surface area contributed by atoms with Crippen LogP contribution in [0.2, 0.25) is 0 Å². The van der Waals surface area contributed by atoms with Gasteiger partial charge in [-0.2, -0.15) is 0 Å². The Kier molecular flexibility index (Phi) is 7.14. The number of nitrogens with zero attached hydrogens (tertiary/aromatic N) is 1. The molecule has 134 valence electrons. The first-order valence-corrected chi connectivity index (χ1v) is 8.48. The minimum atomic E-state index is -0.519. The smallest absolute Gasteiger partial charge is 0.261 e. The van der Waals surface area contributed by atoms with Gasteiger partial charge in [0.05, 0.1) is 7.11 Å². The summed E-state index contributed by atoms with van der Waals surface area (Å²) in [5, 5.41) is 2.95. The molecular weight excluding hydrogens is 316 g/mol. The van der Waals surface area contributed by atoms with Crippen LogP contribution >= 0.6 is 0 Å². The van der Waals surface area contributed by atoms with Crippen LogP contribution in [0.3, 0.4) is 0 Å². The number of methoxy groups -OCH3 is 1. The molecule has 0 radical (unpaired) electrons. The quantitative estimate of drug-likeness (QED) is 0.761. The van der Waals surface area contributed by atoms with E-state index in [9.17, 15) is 4.79 Å². The second kappa shape index (κ2) is 9.57. The predicted octanol–water partition coefficient (Wildman–Crippen LogP) is 3.11. The molecule has 2 aromatic carbocycles. The molecule has 2 rings (SSSR count). The van der Waals surface area contributed by atoms with E-state index in [2.05, 4.69) is 10.2 Å². The molecule has 0 aromatic heterocycles. The molecular formula is C20H26N2O3. The molecule has 0 unspecified atom stereocenters. The van der Waals surface area contributed by atoms with E-state index >= 15 is 0 Å². The van der Waals surface area contributed by atoms with Gasteiger partial charge in [0, 0.05) is 31.9 Å². The van der Waals surface area contributed by atoms with Crippen molar-refractivity contribution in [3.05, 3.63) is 54.6 Å². The number of hydrogen-bond donors (Lipinski definition) is 1. The Morgan fingerprint density at radius 2 is 1.84 bits per heavy atom. The van der Waals surface area contributed by atoms with Crippen LogP contribution < -0.4 is 19.7 Å². The van der Waals surface area contributed by atoms with Gasteiger partial charge in [-0.25, -0.2) is 0 Å². The summed E-state index contributed by atoms with van der Waals surface area (Å²) in [4.78, 5) is 14.5. The first kappa shape index (κ1) is 18.6. The van der Waals surface area contributed by atoms with Gasteiger partial charge >= 0.3 is 0 Å². The van der Waals surface area contributed by atoms with Gasteiger partial charge in [-0.1, -0.05) is 31.2 Å². The highest BCUT2D eigenvalue weighted by Crippen LogP contribution is 2.20. The third-order valence-electron chi connectivity index (χ3n) is 3.93. The number of para-hydroxylation sites is 1. The molecule has 0 saturated carbocycles. The number of amides is 1. The number of rotatable bonds is 9. The molecule has 0 aliphatic carbocycles. The summed E-state index contributed by atoms with van der Waals surface area (Å²) in [6.45, 7) is 3.22. The monoisotopic (exact) mass is 342 g/mol. The van der Waals surface area contributed by atoms with Crippen LogP contribution in [0.15, 0.2) is 54.6 Å². The maximum atomic E-state index is 12.4. The second-order valence-corrected chi connectivity index (χ2v) is 5.74. The molecule has 5 nitrogen and oxygen atoms in total. The Hall–Kier alpha value is -2.69. The fourth-order valence-electron chi connectivity index (χ4n) is 2.43. The Labute approximate surface area is 149 Å². The van der Waals surface area contributed by atoms with Crippen molar-refractivity contribution in [3.63, 3.8) is 0 Å². The molecule has 0 heterocycles. The molecule has 0 saturated heterocycles. The van der Waals surface area contributed by atoms with Gasteiger partial charge < -0.3 is 19.7 Å². The Morgan fingerprint density at radius 1 is 1.12 bits per heavy atom. The Morgan fingerprint density at radius 3 is 2.52 bits per heavy atom. The molecule has 0 aliphatic heterocycles. The lowest BCUT2D eigenvalue weighted by atomic mass is 10.2. The topological polar surface area (TPSA) is 50.8 Å². The standard InChI is InChI=1S/C20H26N2O3/c1-4-19(25-18-12-8-11-17(15-18)24-3)20(23)21-13-14-22(2)16-9-6-5-7-10-16/h5-12,15,19H,4,13-14H2,1-3H3,(H,21,23)/t19-/m0/s1. The maximum absolute atomic E-state index is 12.4. The highest BCUT2D eigenvalue weighted by molar-refractivity contribution is 5.81. The summed E-state index contributed by atoms with van der Waals surface area (Å²) in [6.07, 6.45) is 0.0755. The average Bonchev–Trinajstić information content (AvgIpc) is 2.66. The summed E-state index contributed by atoms with van der Waals surface area (Å²) in [5.41, 5.74) is 1.12. The number of carbonyl (C=O) groups excluding carboxylic acids is 1. The fraction of sp³-hybridized carbons (Fsp3) is 0.350. The van der Waals surface area contributed by atoms with E-state index in [0.717, 1.165) is 12.2 Å². The van der Waals surface area contributed by atoms with Crippen molar-refractivity contribution >= 4 is 11.6 Å².